The summed E-state index contributed by atoms with van der Waals surface area (Å²) in [5.41, 5.74) is 0. The van der Waals surface area contributed by atoms with Gasteiger partial charge in [0.05, 0.1) is 19.1 Å². The maximum Gasteiger partial charge on any atom is 0.309 e. The van der Waals surface area contributed by atoms with E-state index in [-0.39, 0.29) is 11.9 Å². The second-order valence-corrected chi connectivity index (χ2v) is 5.66. The van der Waals surface area contributed by atoms with Crippen LogP contribution in [0.25, 0.3) is 0 Å². The number of hydrogen-bond acceptors (Lipinski definition) is 4. The standard InChI is InChI=1S/C15H29NO3/c1-4-19-15(17)14-5-8-16(9-6-14)10-12-18-11-7-13(2)3/h13-14H,4-12H2,1-3H3. The van der Waals surface area contributed by atoms with Gasteiger partial charge in [-0.2, -0.15) is 0 Å². The third kappa shape index (κ3) is 6.92. The molecule has 4 heteroatoms. The summed E-state index contributed by atoms with van der Waals surface area (Å²) in [7, 11) is 0. The second-order valence-electron chi connectivity index (χ2n) is 5.66. The Hall–Kier alpha value is -0.610. The van der Waals surface area contributed by atoms with Crippen LogP contribution in [0.3, 0.4) is 0 Å². The molecule has 112 valence electrons. The van der Waals surface area contributed by atoms with Crippen molar-refractivity contribution in [3.05, 3.63) is 0 Å². The van der Waals surface area contributed by atoms with Crippen molar-refractivity contribution in [3.63, 3.8) is 0 Å². The quantitative estimate of drug-likeness (QED) is 0.502. The highest BCUT2D eigenvalue weighted by Crippen LogP contribution is 2.18. The topological polar surface area (TPSA) is 38.8 Å². The van der Waals surface area contributed by atoms with Crippen molar-refractivity contribution < 1.29 is 14.3 Å². The maximum absolute atomic E-state index is 11.6. The van der Waals surface area contributed by atoms with Gasteiger partial charge in [0, 0.05) is 13.2 Å². The summed E-state index contributed by atoms with van der Waals surface area (Å²) in [6.45, 7) is 11.4. The lowest BCUT2D eigenvalue weighted by Crippen LogP contribution is -2.38. The van der Waals surface area contributed by atoms with Gasteiger partial charge in [-0.25, -0.2) is 0 Å². The SMILES string of the molecule is CCOC(=O)C1CCN(CCOCCC(C)C)CC1. The highest BCUT2D eigenvalue weighted by Gasteiger charge is 2.25. The van der Waals surface area contributed by atoms with Crippen LogP contribution in [0.15, 0.2) is 0 Å². The molecule has 1 aliphatic heterocycles. The average molecular weight is 271 g/mol. The van der Waals surface area contributed by atoms with E-state index >= 15 is 0 Å². The van der Waals surface area contributed by atoms with E-state index < -0.39 is 0 Å². The average Bonchev–Trinajstić information content (AvgIpc) is 2.39. The lowest BCUT2D eigenvalue weighted by Gasteiger charge is -2.30. The third-order valence-corrected chi connectivity index (χ3v) is 3.60. The largest absolute Gasteiger partial charge is 0.466 e. The van der Waals surface area contributed by atoms with Gasteiger partial charge in [0.1, 0.15) is 0 Å². The highest BCUT2D eigenvalue weighted by atomic mass is 16.5. The lowest BCUT2D eigenvalue weighted by atomic mass is 9.97. The number of carbonyl (C=O) groups is 1. The summed E-state index contributed by atoms with van der Waals surface area (Å²) < 4.78 is 10.7. The van der Waals surface area contributed by atoms with E-state index in [1.165, 1.54) is 0 Å². The smallest absolute Gasteiger partial charge is 0.309 e. The Balaban J connectivity index is 2.05. The molecule has 0 atom stereocenters. The fourth-order valence-electron chi connectivity index (χ4n) is 2.27. The monoisotopic (exact) mass is 271 g/mol. The molecule has 0 radical (unpaired) electrons. The molecule has 1 aliphatic rings. The number of hydrogen-bond donors (Lipinski definition) is 0. The third-order valence-electron chi connectivity index (χ3n) is 3.60. The Morgan fingerprint density at radius 3 is 2.53 bits per heavy atom. The Morgan fingerprint density at radius 1 is 1.26 bits per heavy atom. The summed E-state index contributed by atoms with van der Waals surface area (Å²) in [6.07, 6.45) is 2.97. The molecule has 0 aliphatic carbocycles. The lowest BCUT2D eigenvalue weighted by molar-refractivity contribution is -0.149. The summed E-state index contributed by atoms with van der Waals surface area (Å²) >= 11 is 0. The number of rotatable bonds is 8. The molecule has 0 N–H and O–H groups in total. The number of nitrogens with zero attached hydrogens (tertiary/aromatic N) is 1. The van der Waals surface area contributed by atoms with Crippen LogP contribution in [0, 0.1) is 11.8 Å². The zero-order chi connectivity index (χ0) is 14.1. The van der Waals surface area contributed by atoms with Crippen LogP contribution in [-0.2, 0) is 14.3 Å². The fraction of sp³-hybridized carbons (Fsp3) is 0.933. The van der Waals surface area contributed by atoms with Crippen molar-refractivity contribution in [2.45, 2.75) is 40.0 Å². The Morgan fingerprint density at radius 2 is 1.95 bits per heavy atom. The molecular weight excluding hydrogens is 242 g/mol. The maximum atomic E-state index is 11.6. The van der Waals surface area contributed by atoms with Crippen LogP contribution < -0.4 is 0 Å². The predicted octanol–water partition coefficient (Wildman–Crippen LogP) is 2.32. The predicted molar refractivity (Wildman–Crippen MR) is 76.1 cm³/mol. The molecule has 1 fully saturated rings. The number of esters is 1. The minimum absolute atomic E-state index is 0.0182. The van der Waals surface area contributed by atoms with E-state index in [4.69, 9.17) is 9.47 Å². The first-order valence-corrected chi connectivity index (χ1v) is 7.60. The summed E-state index contributed by atoms with van der Waals surface area (Å²) in [5.74, 6) is 0.800. The van der Waals surface area contributed by atoms with Crippen molar-refractivity contribution in [2.24, 2.45) is 11.8 Å². The number of likely N-dealkylation sites (tertiary alicyclic amines) is 1. The van der Waals surface area contributed by atoms with Gasteiger partial charge >= 0.3 is 5.97 Å². The van der Waals surface area contributed by atoms with Gasteiger partial charge in [0.15, 0.2) is 0 Å². The number of ether oxygens (including phenoxy) is 2. The molecule has 0 aromatic heterocycles. The molecule has 0 aromatic rings. The summed E-state index contributed by atoms with van der Waals surface area (Å²) in [6, 6.07) is 0. The molecule has 0 amide bonds. The van der Waals surface area contributed by atoms with Crippen molar-refractivity contribution in [1.82, 2.24) is 4.90 Å². The molecule has 19 heavy (non-hydrogen) atoms. The van der Waals surface area contributed by atoms with Gasteiger partial charge in [0.2, 0.25) is 0 Å². The van der Waals surface area contributed by atoms with E-state index in [1.807, 2.05) is 6.92 Å². The minimum Gasteiger partial charge on any atom is -0.466 e. The van der Waals surface area contributed by atoms with Gasteiger partial charge in [-0.05, 0) is 45.2 Å². The van der Waals surface area contributed by atoms with E-state index in [1.54, 1.807) is 0 Å². The highest BCUT2D eigenvalue weighted by molar-refractivity contribution is 5.72. The van der Waals surface area contributed by atoms with Crippen LogP contribution in [0.4, 0.5) is 0 Å². The van der Waals surface area contributed by atoms with Crippen LogP contribution in [0.1, 0.15) is 40.0 Å². The number of piperidine rings is 1. The zero-order valence-corrected chi connectivity index (χ0v) is 12.7. The molecule has 1 saturated heterocycles. The van der Waals surface area contributed by atoms with Crippen LogP contribution in [0.5, 0.6) is 0 Å². The molecule has 4 nitrogen and oxygen atoms in total. The van der Waals surface area contributed by atoms with E-state index in [0.29, 0.717) is 12.5 Å². The zero-order valence-electron chi connectivity index (χ0n) is 12.7. The van der Waals surface area contributed by atoms with Crippen molar-refractivity contribution >= 4 is 5.97 Å². The van der Waals surface area contributed by atoms with Gasteiger partial charge in [-0.3, -0.25) is 4.79 Å². The molecule has 0 bridgehead atoms. The Bertz CT molecular complexity index is 248. The summed E-state index contributed by atoms with van der Waals surface area (Å²) in [4.78, 5) is 14.0. The number of carbonyl (C=O) groups excluding carboxylic acids is 1. The van der Waals surface area contributed by atoms with Gasteiger partial charge in [-0.1, -0.05) is 13.8 Å². The van der Waals surface area contributed by atoms with Crippen molar-refractivity contribution in [1.29, 1.82) is 0 Å². The van der Waals surface area contributed by atoms with Crippen LogP contribution in [-0.4, -0.2) is 50.3 Å². The van der Waals surface area contributed by atoms with Gasteiger partial charge in [-0.15, -0.1) is 0 Å². The fourth-order valence-corrected chi connectivity index (χ4v) is 2.27. The molecular formula is C15H29NO3. The minimum atomic E-state index is -0.0182. The first-order chi connectivity index (χ1) is 9.13. The molecule has 0 aromatic carbocycles. The Kier molecular flexibility index (Phi) is 8.07. The van der Waals surface area contributed by atoms with Crippen molar-refractivity contribution in [3.8, 4) is 0 Å². The van der Waals surface area contributed by atoms with Crippen LogP contribution in [0.2, 0.25) is 0 Å². The molecule has 0 saturated carbocycles. The molecule has 1 heterocycles. The molecule has 0 unspecified atom stereocenters. The first kappa shape index (κ1) is 16.4. The van der Waals surface area contributed by atoms with Crippen molar-refractivity contribution in [2.75, 3.05) is 39.5 Å². The summed E-state index contributed by atoms with van der Waals surface area (Å²) in [5, 5.41) is 0. The Labute approximate surface area is 117 Å². The first-order valence-electron chi connectivity index (χ1n) is 7.60. The molecule has 0 spiro atoms. The molecule has 1 rings (SSSR count). The normalized spacial score (nSPS) is 17.9. The van der Waals surface area contributed by atoms with E-state index in [9.17, 15) is 4.79 Å². The second kappa shape index (κ2) is 9.32. The van der Waals surface area contributed by atoms with Gasteiger partial charge < -0.3 is 14.4 Å². The van der Waals surface area contributed by atoms with Crippen LogP contribution >= 0.6 is 0 Å². The van der Waals surface area contributed by atoms with Gasteiger partial charge in [0.25, 0.3) is 0 Å². The van der Waals surface area contributed by atoms with E-state index in [2.05, 4.69) is 18.7 Å². The van der Waals surface area contributed by atoms with E-state index in [0.717, 1.165) is 52.1 Å².